The molecule has 132 valence electrons. The second kappa shape index (κ2) is 7.04. The molecule has 26 heavy (non-hydrogen) atoms. The number of aromatic nitrogens is 1. The number of amides is 2. The molecular weight excluding hydrogens is 326 g/mol. The summed E-state index contributed by atoms with van der Waals surface area (Å²) >= 11 is 0. The van der Waals surface area contributed by atoms with E-state index in [0.29, 0.717) is 19.4 Å². The Morgan fingerprint density at radius 1 is 1.12 bits per heavy atom. The summed E-state index contributed by atoms with van der Waals surface area (Å²) in [6.07, 6.45) is 3.00. The number of carbonyl (C=O) groups is 2. The summed E-state index contributed by atoms with van der Waals surface area (Å²) in [7, 11) is 0. The fourth-order valence-electron chi connectivity index (χ4n) is 3.61. The number of aromatic amines is 1. The van der Waals surface area contributed by atoms with Gasteiger partial charge in [-0.3, -0.25) is 9.59 Å². The van der Waals surface area contributed by atoms with Crippen LogP contribution >= 0.6 is 0 Å². The molecule has 2 heterocycles. The molecule has 2 atom stereocenters. The predicted octanol–water partition coefficient (Wildman–Crippen LogP) is 2.69. The van der Waals surface area contributed by atoms with Crippen molar-refractivity contribution >= 4 is 22.7 Å². The quantitative estimate of drug-likeness (QED) is 0.664. The van der Waals surface area contributed by atoms with Gasteiger partial charge in [-0.2, -0.15) is 0 Å². The number of hydrogen-bond donors (Lipinski definition) is 3. The van der Waals surface area contributed by atoms with Gasteiger partial charge in [0.25, 0.3) is 0 Å². The number of carbonyl (C=O) groups excluding carboxylic acids is 2. The van der Waals surface area contributed by atoms with Gasteiger partial charge in [-0.25, -0.2) is 0 Å². The molecule has 1 saturated heterocycles. The van der Waals surface area contributed by atoms with Crippen molar-refractivity contribution in [3.63, 3.8) is 0 Å². The van der Waals surface area contributed by atoms with Crippen molar-refractivity contribution in [1.82, 2.24) is 15.6 Å². The molecular formula is C21H21N3O2. The van der Waals surface area contributed by atoms with Crippen LogP contribution < -0.4 is 10.6 Å². The van der Waals surface area contributed by atoms with E-state index >= 15 is 0 Å². The molecule has 0 bridgehead atoms. The molecule has 0 saturated carbocycles. The van der Waals surface area contributed by atoms with Crippen LogP contribution in [0.15, 0.2) is 60.8 Å². The van der Waals surface area contributed by atoms with Crippen molar-refractivity contribution in [1.29, 1.82) is 0 Å². The van der Waals surface area contributed by atoms with E-state index in [2.05, 4.69) is 33.8 Å². The van der Waals surface area contributed by atoms with Crippen LogP contribution in [0.2, 0.25) is 0 Å². The van der Waals surface area contributed by atoms with Crippen LogP contribution in [0.1, 0.15) is 29.9 Å². The summed E-state index contributed by atoms with van der Waals surface area (Å²) in [5, 5.41) is 6.91. The second-order valence-electron chi connectivity index (χ2n) is 6.66. The smallest absolute Gasteiger partial charge is 0.242 e. The Bertz CT molecular complexity index is 933. The number of nitrogens with one attached hydrogen (secondary N) is 3. The standard InChI is InChI=1S/C21H21N3O2/c25-20-11-10-19(24-20)21(26)23-12-16(14-6-2-1-3-7-14)17-13-22-18-9-5-4-8-15(17)18/h1-9,13,16,19,22H,10-12H2,(H,23,26)(H,24,25)/t16-,19-/m1/s1. The van der Waals surface area contributed by atoms with Gasteiger partial charge in [-0.15, -0.1) is 0 Å². The SMILES string of the molecule is O=C1CC[C@H](C(=O)NC[C@H](c2ccccc2)c2c[nH]c3ccccc23)N1. The molecule has 2 aromatic carbocycles. The monoisotopic (exact) mass is 347 g/mol. The first-order valence-electron chi connectivity index (χ1n) is 8.90. The van der Waals surface area contributed by atoms with Crippen molar-refractivity contribution < 1.29 is 9.59 Å². The Balaban J connectivity index is 1.60. The zero-order chi connectivity index (χ0) is 17.9. The maximum absolute atomic E-state index is 12.4. The number of H-pyrrole nitrogens is 1. The molecule has 1 fully saturated rings. The minimum atomic E-state index is -0.415. The Kier molecular flexibility index (Phi) is 4.44. The van der Waals surface area contributed by atoms with Crippen LogP contribution in [0.3, 0.4) is 0 Å². The minimum absolute atomic E-state index is 0.0356. The summed E-state index contributed by atoms with van der Waals surface area (Å²) in [4.78, 5) is 27.1. The molecule has 0 spiro atoms. The van der Waals surface area contributed by atoms with Gasteiger partial charge in [0.2, 0.25) is 11.8 Å². The number of hydrogen-bond acceptors (Lipinski definition) is 2. The van der Waals surface area contributed by atoms with Gasteiger partial charge in [-0.1, -0.05) is 48.5 Å². The molecule has 2 amide bonds. The third kappa shape index (κ3) is 3.20. The topological polar surface area (TPSA) is 74.0 Å². The molecule has 1 aliphatic rings. The molecule has 5 heteroatoms. The number of benzene rings is 2. The van der Waals surface area contributed by atoms with E-state index in [-0.39, 0.29) is 17.7 Å². The molecule has 1 aliphatic heterocycles. The first-order chi connectivity index (χ1) is 12.7. The van der Waals surface area contributed by atoms with Crippen LogP contribution in [0.5, 0.6) is 0 Å². The van der Waals surface area contributed by atoms with Gasteiger partial charge in [0, 0.05) is 36.0 Å². The Morgan fingerprint density at radius 2 is 1.88 bits per heavy atom. The van der Waals surface area contributed by atoms with Gasteiger partial charge in [0.1, 0.15) is 6.04 Å². The van der Waals surface area contributed by atoms with E-state index in [1.807, 2.05) is 42.6 Å². The highest BCUT2D eigenvalue weighted by Gasteiger charge is 2.28. The number of rotatable bonds is 5. The van der Waals surface area contributed by atoms with E-state index in [4.69, 9.17) is 0 Å². The molecule has 1 aromatic heterocycles. The molecule has 4 rings (SSSR count). The third-order valence-electron chi connectivity index (χ3n) is 4.99. The summed E-state index contributed by atoms with van der Waals surface area (Å²) in [6, 6.07) is 17.9. The van der Waals surface area contributed by atoms with Crippen LogP contribution in [0.25, 0.3) is 10.9 Å². The first kappa shape index (κ1) is 16.4. The highest BCUT2D eigenvalue weighted by atomic mass is 16.2. The minimum Gasteiger partial charge on any atom is -0.361 e. The Morgan fingerprint density at radius 3 is 2.65 bits per heavy atom. The summed E-state index contributed by atoms with van der Waals surface area (Å²) in [5.41, 5.74) is 3.38. The van der Waals surface area contributed by atoms with Gasteiger partial charge in [0.15, 0.2) is 0 Å². The van der Waals surface area contributed by atoms with Crippen LogP contribution in [0, 0.1) is 0 Å². The van der Waals surface area contributed by atoms with Gasteiger partial charge in [-0.05, 0) is 23.6 Å². The maximum Gasteiger partial charge on any atom is 0.242 e. The Labute approximate surface area is 151 Å². The van der Waals surface area contributed by atoms with Crippen LogP contribution in [-0.2, 0) is 9.59 Å². The van der Waals surface area contributed by atoms with Gasteiger partial charge < -0.3 is 15.6 Å². The third-order valence-corrected chi connectivity index (χ3v) is 4.99. The van der Waals surface area contributed by atoms with Crippen LogP contribution in [0.4, 0.5) is 0 Å². The van der Waals surface area contributed by atoms with E-state index in [0.717, 1.165) is 22.0 Å². The van der Waals surface area contributed by atoms with Crippen molar-refractivity contribution in [2.75, 3.05) is 6.54 Å². The van der Waals surface area contributed by atoms with Crippen molar-refractivity contribution in [3.05, 3.63) is 71.9 Å². The van der Waals surface area contributed by atoms with Crippen LogP contribution in [-0.4, -0.2) is 29.4 Å². The lowest BCUT2D eigenvalue weighted by Crippen LogP contribution is -2.43. The highest BCUT2D eigenvalue weighted by Crippen LogP contribution is 2.30. The van der Waals surface area contributed by atoms with E-state index in [1.165, 1.54) is 0 Å². The molecule has 3 aromatic rings. The molecule has 0 aliphatic carbocycles. The molecule has 0 radical (unpaired) electrons. The largest absolute Gasteiger partial charge is 0.361 e. The predicted molar refractivity (Wildman–Crippen MR) is 101 cm³/mol. The summed E-state index contributed by atoms with van der Waals surface area (Å²) in [5.74, 6) is -0.133. The summed E-state index contributed by atoms with van der Waals surface area (Å²) in [6.45, 7) is 0.483. The average molecular weight is 347 g/mol. The van der Waals surface area contributed by atoms with Gasteiger partial charge >= 0.3 is 0 Å². The van der Waals surface area contributed by atoms with Crippen molar-refractivity contribution in [2.24, 2.45) is 0 Å². The fourth-order valence-corrected chi connectivity index (χ4v) is 3.61. The highest BCUT2D eigenvalue weighted by molar-refractivity contribution is 5.91. The first-order valence-corrected chi connectivity index (χ1v) is 8.90. The fraction of sp³-hybridized carbons (Fsp3) is 0.238. The average Bonchev–Trinajstić information content (AvgIpc) is 3.29. The maximum atomic E-state index is 12.4. The van der Waals surface area contributed by atoms with E-state index in [9.17, 15) is 9.59 Å². The normalized spacial score (nSPS) is 17.8. The molecule has 3 N–H and O–H groups in total. The molecule has 0 unspecified atom stereocenters. The summed E-state index contributed by atoms with van der Waals surface area (Å²) < 4.78 is 0. The lowest BCUT2D eigenvalue weighted by atomic mass is 9.91. The number of para-hydroxylation sites is 1. The second-order valence-corrected chi connectivity index (χ2v) is 6.66. The number of fused-ring (bicyclic) bond motifs is 1. The lowest BCUT2D eigenvalue weighted by Gasteiger charge is -2.19. The zero-order valence-corrected chi connectivity index (χ0v) is 14.4. The van der Waals surface area contributed by atoms with E-state index < -0.39 is 6.04 Å². The lowest BCUT2D eigenvalue weighted by molar-refractivity contribution is -0.125. The van der Waals surface area contributed by atoms with E-state index in [1.54, 1.807) is 0 Å². The Hall–Kier alpha value is -3.08. The van der Waals surface area contributed by atoms with Crippen molar-refractivity contribution in [2.45, 2.75) is 24.8 Å². The van der Waals surface area contributed by atoms with Gasteiger partial charge in [0.05, 0.1) is 0 Å². The van der Waals surface area contributed by atoms with Crippen molar-refractivity contribution in [3.8, 4) is 0 Å². The molecule has 5 nitrogen and oxygen atoms in total. The zero-order valence-electron chi connectivity index (χ0n) is 14.4.